The highest BCUT2D eigenvalue weighted by molar-refractivity contribution is 7.79. The van der Waals surface area contributed by atoms with Gasteiger partial charge in [0.1, 0.15) is 6.10 Å². The van der Waals surface area contributed by atoms with Gasteiger partial charge in [-0.3, -0.25) is 0 Å². The van der Waals surface area contributed by atoms with Crippen molar-refractivity contribution in [1.29, 1.82) is 0 Å². The van der Waals surface area contributed by atoms with Crippen molar-refractivity contribution in [3.63, 3.8) is 0 Å². The van der Waals surface area contributed by atoms with Crippen LogP contribution in [0.1, 0.15) is 0 Å². The van der Waals surface area contributed by atoms with Crippen molar-refractivity contribution in [1.82, 2.24) is 0 Å². The largest absolute Gasteiger partial charge is 0.384 e. The Labute approximate surface area is 42.3 Å². The van der Waals surface area contributed by atoms with Crippen LogP contribution < -0.4 is 0 Å². The highest BCUT2D eigenvalue weighted by Crippen LogP contribution is 1.73. The number of thiocarbonyl (C=S) groups is 1. The zero-order valence-electron chi connectivity index (χ0n) is 3.29. The summed E-state index contributed by atoms with van der Waals surface area (Å²) in [5, 5.41) is 9.63. The van der Waals surface area contributed by atoms with E-state index in [1.54, 1.807) is 0 Å². The fraction of sp³-hybridized carbons (Fsp3) is 0.250. The van der Waals surface area contributed by atoms with Gasteiger partial charge in [-0.25, -0.2) is 0 Å². The lowest BCUT2D eigenvalue weighted by Gasteiger charge is -1.86. The zero-order valence-corrected chi connectivity index (χ0v) is 4.11. The highest BCUT2D eigenvalue weighted by atomic mass is 32.1. The first-order valence-corrected chi connectivity index (χ1v) is 2.04. The molecular weight excluding hydrogens is 96.1 g/mol. The summed E-state index contributed by atoms with van der Waals surface area (Å²) >= 11 is 4.33. The Bertz CT molecular complexity index is 52.6. The third kappa shape index (κ3) is 2.05. The molecule has 1 nitrogen and oxygen atoms in total. The SMILES string of the molecule is C=CC(O)C=S. The summed E-state index contributed by atoms with van der Waals surface area (Å²) in [6, 6.07) is 0. The predicted molar refractivity (Wildman–Crippen MR) is 29.9 cm³/mol. The Morgan fingerprint density at radius 1 is 1.83 bits per heavy atom. The van der Waals surface area contributed by atoms with E-state index in [1.807, 2.05) is 0 Å². The van der Waals surface area contributed by atoms with Crippen LogP contribution in [0.25, 0.3) is 0 Å². The van der Waals surface area contributed by atoms with Crippen LogP contribution in [0.15, 0.2) is 12.7 Å². The molecule has 0 bridgehead atoms. The van der Waals surface area contributed by atoms with Crippen LogP contribution in [0.2, 0.25) is 0 Å². The lowest BCUT2D eigenvalue weighted by Crippen LogP contribution is -1.98. The molecule has 0 saturated carbocycles. The molecule has 0 fully saturated rings. The number of aliphatic hydroxyl groups excluding tert-OH is 1. The average molecular weight is 102 g/mol. The van der Waals surface area contributed by atoms with E-state index >= 15 is 0 Å². The normalized spacial score (nSPS) is 12.8. The van der Waals surface area contributed by atoms with Crippen molar-refractivity contribution in [2.45, 2.75) is 6.10 Å². The third-order valence-corrected chi connectivity index (χ3v) is 0.660. The lowest BCUT2D eigenvalue weighted by atomic mass is 10.4. The number of hydrogen-bond donors (Lipinski definition) is 1. The minimum absolute atomic E-state index is 0.611. The van der Waals surface area contributed by atoms with E-state index in [1.165, 1.54) is 11.4 Å². The Hall–Kier alpha value is -0.210. The van der Waals surface area contributed by atoms with E-state index < -0.39 is 6.10 Å². The molecule has 34 valence electrons. The molecular formula is C4H6OS. The van der Waals surface area contributed by atoms with Crippen molar-refractivity contribution in [3.8, 4) is 0 Å². The van der Waals surface area contributed by atoms with Gasteiger partial charge < -0.3 is 5.11 Å². The first-order chi connectivity index (χ1) is 2.81. The monoisotopic (exact) mass is 102 g/mol. The summed E-state index contributed by atoms with van der Waals surface area (Å²) in [6.07, 6.45) is 0.757. The molecule has 0 aromatic carbocycles. The molecule has 0 aliphatic rings. The standard InChI is InChI=1S/C4H6OS/c1-2-4(5)3-6/h2-5H,1H2. The van der Waals surface area contributed by atoms with Gasteiger partial charge in [-0.15, -0.1) is 6.58 Å². The van der Waals surface area contributed by atoms with Crippen LogP contribution in [-0.4, -0.2) is 16.6 Å². The van der Waals surface area contributed by atoms with Gasteiger partial charge in [0, 0.05) is 5.37 Å². The van der Waals surface area contributed by atoms with Crippen LogP contribution in [0.3, 0.4) is 0 Å². The Balaban J connectivity index is 3.21. The minimum atomic E-state index is -0.611. The second-order valence-electron chi connectivity index (χ2n) is 0.862. The van der Waals surface area contributed by atoms with Gasteiger partial charge in [0.2, 0.25) is 0 Å². The van der Waals surface area contributed by atoms with E-state index in [4.69, 9.17) is 5.11 Å². The molecule has 0 radical (unpaired) electrons. The van der Waals surface area contributed by atoms with Crippen molar-refractivity contribution >= 4 is 17.6 Å². The van der Waals surface area contributed by atoms with E-state index in [0.29, 0.717) is 0 Å². The third-order valence-electron chi connectivity index (χ3n) is 0.381. The maximum absolute atomic E-state index is 8.39. The molecule has 1 atom stereocenters. The number of rotatable bonds is 2. The summed E-state index contributed by atoms with van der Waals surface area (Å²) in [4.78, 5) is 0. The maximum atomic E-state index is 8.39. The topological polar surface area (TPSA) is 20.2 Å². The Morgan fingerprint density at radius 2 is 2.33 bits per heavy atom. The summed E-state index contributed by atoms with van der Waals surface area (Å²) in [6.45, 7) is 3.28. The van der Waals surface area contributed by atoms with E-state index in [9.17, 15) is 0 Å². The first kappa shape index (κ1) is 5.79. The van der Waals surface area contributed by atoms with Gasteiger partial charge in [0.25, 0.3) is 0 Å². The molecule has 0 heterocycles. The van der Waals surface area contributed by atoms with Crippen molar-refractivity contribution in [2.75, 3.05) is 0 Å². The van der Waals surface area contributed by atoms with Gasteiger partial charge in [-0.2, -0.15) is 0 Å². The summed E-state index contributed by atoms with van der Waals surface area (Å²) in [5.41, 5.74) is 0. The first-order valence-electron chi connectivity index (χ1n) is 1.57. The molecule has 0 rings (SSSR count). The summed E-state index contributed by atoms with van der Waals surface area (Å²) < 4.78 is 0. The zero-order chi connectivity index (χ0) is 4.99. The molecule has 0 saturated heterocycles. The average Bonchev–Trinajstić information content (AvgIpc) is 1.65. The van der Waals surface area contributed by atoms with Crippen LogP contribution in [-0.2, 0) is 0 Å². The van der Waals surface area contributed by atoms with Crippen LogP contribution in [0, 0.1) is 0 Å². The second-order valence-corrected chi connectivity index (χ2v) is 1.13. The van der Waals surface area contributed by atoms with Crippen molar-refractivity contribution in [2.24, 2.45) is 0 Å². The molecule has 0 aromatic rings. The highest BCUT2D eigenvalue weighted by Gasteiger charge is 1.82. The minimum Gasteiger partial charge on any atom is -0.384 e. The van der Waals surface area contributed by atoms with E-state index in [-0.39, 0.29) is 0 Å². The van der Waals surface area contributed by atoms with Gasteiger partial charge in [-0.05, 0) is 0 Å². The maximum Gasteiger partial charge on any atom is 0.100 e. The Morgan fingerprint density at radius 3 is 2.33 bits per heavy atom. The smallest absolute Gasteiger partial charge is 0.100 e. The van der Waals surface area contributed by atoms with Crippen molar-refractivity contribution < 1.29 is 5.11 Å². The van der Waals surface area contributed by atoms with Gasteiger partial charge in [-0.1, -0.05) is 18.3 Å². The molecule has 1 N–H and O–H groups in total. The second kappa shape index (κ2) is 3.00. The molecule has 0 spiro atoms. The molecule has 0 aromatic heterocycles. The van der Waals surface area contributed by atoms with E-state index in [0.717, 1.165) is 0 Å². The van der Waals surface area contributed by atoms with Crippen LogP contribution in [0.4, 0.5) is 0 Å². The summed E-state index contributed by atoms with van der Waals surface area (Å²) in [5.74, 6) is 0. The van der Waals surface area contributed by atoms with Crippen molar-refractivity contribution in [3.05, 3.63) is 12.7 Å². The molecule has 0 amide bonds. The molecule has 2 heteroatoms. The number of aliphatic hydroxyl groups is 1. The molecule has 6 heavy (non-hydrogen) atoms. The lowest BCUT2D eigenvalue weighted by molar-refractivity contribution is 0.296. The van der Waals surface area contributed by atoms with Crippen LogP contribution in [0.5, 0.6) is 0 Å². The number of hydrogen-bond acceptors (Lipinski definition) is 2. The van der Waals surface area contributed by atoms with E-state index in [2.05, 4.69) is 18.8 Å². The molecule has 0 aliphatic heterocycles. The molecule has 0 aliphatic carbocycles. The fourth-order valence-electron chi connectivity index (χ4n) is 0.0556. The Kier molecular flexibility index (Phi) is 2.89. The predicted octanol–water partition coefficient (Wildman–Crippen LogP) is 0.533. The van der Waals surface area contributed by atoms with Gasteiger partial charge in [0.05, 0.1) is 0 Å². The fourth-order valence-corrected chi connectivity index (χ4v) is 0.167. The van der Waals surface area contributed by atoms with Gasteiger partial charge >= 0.3 is 0 Å². The van der Waals surface area contributed by atoms with Crippen LogP contribution >= 0.6 is 12.2 Å². The van der Waals surface area contributed by atoms with Gasteiger partial charge in [0.15, 0.2) is 0 Å². The summed E-state index contributed by atoms with van der Waals surface area (Å²) in [7, 11) is 0. The molecule has 1 unspecified atom stereocenters. The quantitative estimate of drug-likeness (QED) is 0.405.